The number of amidine groups is 1. The molecule has 37 heavy (non-hydrogen) atoms. The number of esters is 1. The molecule has 3 aromatic carbocycles. The van der Waals surface area contributed by atoms with Gasteiger partial charge in [-0.3, -0.25) is 4.90 Å². The molecule has 8 heteroatoms. The first kappa shape index (κ1) is 23.1. The van der Waals surface area contributed by atoms with Crippen LogP contribution in [0.15, 0.2) is 90.2 Å². The van der Waals surface area contributed by atoms with Gasteiger partial charge in [-0.05, 0) is 49.4 Å². The molecule has 1 saturated heterocycles. The molecular formula is C29H29N5O3. The third-order valence-electron chi connectivity index (χ3n) is 6.79. The van der Waals surface area contributed by atoms with E-state index in [4.69, 9.17) is 14.6 Å². The van der Waals surface area contributed by atoms with Crippen LogP contribution in [0.3, 0.4) is 0 Å². The SMILES string of the molecule is CCOC(=O)C1=NN(c2ccccc2)[C@@H](c2c[nH]c3ccccc23)N1c1ccc(N2CCOCC2)cc1. The lowest BCUT2D eigenvalue weighted by molar-refractivity contribution is -0.135. The van der Waals surface area contributed by atoms with E-state index in [2.05, 4.69) is 46.3 Å². The Balaban J connectivity index is 1.48. The number of carbonyl (C=O) groups excluding carboxylic acids is 1. The molecular weight excluding hydrogens is 466 g/mol. The van der Waals surface area contributed by atoms with Gasteiger partial charge in [-0.15, -0.1) is 5.10 Å². The summed E-state index contributed by atoms with van der Waals surface area (Å²) in [5.74, 6) is -0.205. The topological polar surface area (TPSA) is 73.4 Å². The highest BCUT2D eigenvalue weighted by molar-refractivity contribution is 6.42. The highest BCUT2D eigenvalue weighted by Gasteiger charge is 2.42. The van der Waals surface area contributed by atoms with E-state index in [1.54, 1.807) is 6.92 Å². The molecule has 1 aromatic heterocycles. The minimum atomic E-state index is -0.456. The van der Waals surface area contributed by atoms with Gasteiger partial charge in [0, 0.05) is 47.1 Å². The number of rotatable bonds is 6. The van der Waals surface area contributed by atoms with Crippen molar-refractivity contribution in [2.45, 2.75) is 13.1 Å². The lowest BCUT2D eigenvalue weighted by Gasteiger charge is -2.32. The molecule has 188 valence electrons. The van der Waals surface area contributed by atoms with E-state index in [0.717, 1.165) is 59.8 Å². The number of fused-ring (bicyclic) bond motifs is 1. The standard InChI is InChI=1S/C29H29N5O3/c1-2-37-29(35)27-31-34(23-8-4-3-5-9-23)28(25-20-30-26-11-7-6-10-24(25)26)33(27)22-14-12-21(13-15-22)32-16-18-36-19-17-32/h3-15,20,28,30H,2,16-19H2,1H3/t28-/m0/s1. The molecule has 8 nitrogen and oxygen atoms in total. The molecule has 6 rings (SSSR count). The second kappa shape index (κ2) is 9.99. The minimum Gasteiger partial charge on any atom is -0.460 e. The number of morpholine rings is 1. The summed E-state index contributed by atoms with van der Waals surface area (Å²) in [5, 5.41) is 7.83. The number of hydrazone groups is 1. The van der Waals surface area contributed by atoms with Gasteiger partial charge in [0.25, 0.3) is 0 Å². The highest BCUT2D eigenvalue weighted by atomic mass is 16.5. The van der Waals surface area contributed by atoms with Crippen LogP contribution in [0.5, 0.6) is 0 Å². The number of hydrogen-bond acceptors (Lipinski definition) is 7. The van der Waals surface area contributed by atoms with E-state index in [1.807, 2.05) is 58.6 Å². The summed E-state index contributed by atoms with van der Waals surface area (Å²) in [5.41, 5.74) is 4.91. The van der Waals surface area contributed by atoms with Gasteiger partial charge in [-0.25, -0.2) is 9.80 Å². The zero-order chi connectivity index (χ0) is 25.2. The van der Waals surface area contributed by atoms with Gasteiger partial charge >= 0.3 is 5.97 Å². The molecule has 0 amide bonds. The van der Waals surface area contributed by atoms with Crippen molar-refractivity contribution in [3.05, 3.63) is 90.6 Å². The second-order valence-electron chi connectivity index (χ2n) is 8.97. The van der Waals surface area contributed by atoms with Crippen molar-refractivity contribution in [3.8, 4) is 0 Å². The molecule has 0 radical (unpaired) electrons. The summed E-state index contributed by atoms with van der Waals surface area (Å²) in [6.07, 6.45) is 1.61. The van der Waals surface area contributed by atoms with E-state index < -0.39 is 12.1 Å². The molecule has 0 aliphatic carbocycles. The van der Waals surface area contributed by atoms with Crippen LogP contribution < -0.4 is 14.8 Å². The van der Waals surface area contributed by atoms with Gasteiger partial charge in [0.2, 0.25) is 5.84 Å². The number of anilines is 3. The Hall–Kier alpha value is -4.30. The quantitative estimate of drug-likeness (QED) is 0.384. The maximum atomic E-state index is 13.2. The molecule has 1 atom stereocenters. The van der Waals surface area contributed by atoms with Gasteiger partial charge in [-0.2, -0.15) is 0 Å². The molecule has 3 heterocycles. The van der Waals surface area contributed by atoms with Crippen LogP contribution in [0.25, 0.3) is 10.9 Å². The highest BCUT2D eigenvalue weighted by Crippen LogP contribution is 2.41. The average Bonchev–Trinajstić information content (AvgIpc) is 3.56. The van der Waals surface area contributed by atoms with Crippen molar-refractivity contribution >= 4 is 39.8 Å². The smallest absolute Gasteiger partial charge is 0.376 e. The van der Waals surface area contributed by atoms with Crippen molar-refractivity contribution in [3.63, 3.8) is 0 Å². The van der Waals surface area contributed by atoms with Crippen molar-refractivity contribution in [1.29, 1.82) is 0 Å². The fraction of sp³-hybridized carbons (Fsp3) is 0.241. The Morgan fingerprint density at radius 3 is 2.41 bits per heavy atom. The lowest BCUT2D eigenvalue weighted by atomic mass is 10.1. The van der Waals surface area contributed by atoms with Crippen molar-refractivity contribution in [2.75, 3.05) is 47.7 Å². The van der Waals surface area contributed by atoms with Crippen LogP contribution in [0.4, 0.5) is 17.1 Å². The zero-order valence-corrected chi connectivity index (χ0v) is 20.7. The Labute approximate surface area is 215 Å². The first-order chi connectivity index (χ1) is 18.2. The van der Waals surface area contributed by atoms with E-state index in [9.17, 15) is 4.79 Å². The molecule has 2 aliphatic heterocycles. The number of carbonyl (C=O) groups is 1. The van der Waals surface area contributed by atoms with Crippen LogP contribution in [0.1, 0.15) is 18.7 Å². The third kappa shape index (κ3) is 4.29. The summed E-state index contributed by atoms with van der Waals surface area (Å²) >= 11 is 0. The van der Waals surface area contributed by atoms with Crippen LogP contribution in [0.2, 0.25) is 0 Å². The molecule has 2 aliphatic rings. The Bertz CT molecular complexity index is 1410. The van der Waals surface area contributed by atoms with Crippen LogP contribution in [0, 0.1) is 0 Å². The van der Waals surface area contributed by atoms with Gasteiger partial charge in [0.1, 0.15) is 0 Å². The Morgan fingerprint density at radius 1 is 0.946 bits per heavy atom. The largest absolute Gasteiger partial charge is 0.460 e. The first-order valence-corrected chi connectivity index (χ1v) is 12.6. The Morgan fingerprint density at radius 2 is 1.65 bits per heavy atom. The summed E-state index contributed by atoms with van der Waals surface area (Å²) in [6.45, 7) is 5.24. The number of benzene rings is 3. The predicted octanol–water partition coefficient (Wildman–Crippen LogP) is 4.91. The van der Waals surface area contributed by atoms with E-state index >= 15 is 0 Å². The van der Waals surface area contributed by atoms with E-state index in [1.165, 1.54) is 0 Å². The summed E-state index contributed by atoms with van der Waals surface area (Å²) < 4.78 is 11.0. The normalized spacial score (nSPS) is 17.8. The summed E-state index contributed by atoms with van der Waals surface area (Å²) in [4.78, 5) is 20.9. The number of nitrogens with zero attached hydrogens (tertiary/aromatic N) is 4. The molecule has 0 spiro atoms. The number of nitrogens with one attached hydrogen (secondary N) is 1. The fourth-order valence-electron chi connectivity index (χ4n) is 5.03. The van der Waals surface area contributed by atoms with Gasteiger partial charge in [0.05, 0.1) is 25.5 Å². The summed E-state index contributed by atoms with van der Waals surface area (Å²) in [7, 11) is 0. The minimum absolute atomic E-state index is 0.250. The van der Waals surface area contributed by atoms with E-state index in [0.29, 0.717) is 0 Å². The molecule has 1 fully saturated rings. The maximum Gasteiger partial charge on any atom is 0.376 e. The van der Waals surface area contributed by atoms with Gasteiger partial charge in [-0.1, -0.05) is 36.4 Å². The zero-order valence-electron chi connectivity index (χ0n) is 20.7. The predicted molar refractivity (Wildman–Crippen MR) is 146 cm³/mol. The average molecular weight is 496 g/mol. The van der Waals surface area contributed by atoms with Gasteiger partial charge in [0.15, 0.2) is 6.17 Å². The van der Waals surface area contributed by atoms with E-state index in [-0.39, 0.29) is 12.4 Å². The number of hydrogen-bond donors (Lipinski definition) is 1. The molecule has 4 aromatic rings. The van der Waals surface area contributed by atoms with Crippen LogP contribution in [-0.2, 0) is 14.3 Å². The van der Waals surface area contributed by atoms with Crippen molar-refractivity contribution < 1.29 is 14.3 Å². The van der Waals surface area contributed by atoms with Crippen molar-refractivity contribution in [2.24, 2.45) is 5.10 Å². The molecule has 1 N–H and O–H groups in total. The maximum absolute atomic E-state index is 13.2. The number of para-hydroxylation sites is 2. The van der Waals surface area contributed by atoms with Crippen LogP contribution >= 0.6 is 0 Å². The second-order valence-corrected chi connectivity index (χ2v) is 8.97. The van der Waals surface area contributed by atoms with Crippen molar-refractivity contribution in [1.82, 2.24) is 4.98 Å². The third-order valence-corrected chi connectivity index (χ3v) is 6.79. The Kier molecular flexibility index (Phi) is 6.24. The van der Waals surface area contributed by atoms with Gasteiger partial charge < -0.3 is 19.4 Å². The van der Waals surface area contributed by atoms with Crippen LogP contribution in [-0.4, -0.2) is 49.7 Å². The number of aromatic nitrogens is 1. The number of ether oxygens (including phenoxy) is 2. The fourth-order valence-corrected chi connectivity index (χ4v) is 5.03. The monoisotopic (exact) mass is 495 g/mol. The summed E-state index contributed by atoms with van der Waals surface area (Å²) in [6, 6.07) is 26.4. The first-order valence-electron chi connectivity index (χ1n) is 12.6. The number of aromatic amines is 1. The number of H-pyrrole nitrogens is 1. The molecule has 0 unspecified atom stereocenters. The molecule has 0 saturated carbocycles. The molecule has 0 bridgehead atoms. The lowest BCUT2D eigenvalue weighted by Crippen LogP contribution is -2.39.